The maximum atomic E-state index is 13.0. The Labute approximate surface area is 190 Å². The van der Waals surface area contributed by atoms with E-state index in [0.29, 0.717) is 5.06 Å². The van der Waals surface area contributed by atoms with Gasteiger partial charge in [-0.1, -0.05) is 0 Å². The van der Waals surface area contributed by atoms with E-state index in [1.165, 1.54) is 18.7 Å². The fourth-order valence-corrected chi connectivity index (χ4v) is 3.27. The van der Waals surface area contributed by atoms with Crippen molar-refractivity contribution in [2.75, 3.05) is 46.7 Å². The molecule has 0 spiro atoms. The summed E-state index contributed by atoms with van der Waals surface area (Å²) in [7, 11) is 0. The number of hydrogen-bond acceptors (Lipinski definition) is 8. The van der Waals surface area contributed by atoms with Gasteiger partial charge in [0.25, 0.3) is 11.8 Å². The predicted molar refractivity (Wildman–Crippen MR) is 110 cm³/mol. The lowest BCUT2D eigenvalue weighted by atomic mass is 9.81. The molecular weight excluding hydrogens is 408 g/mol. The molecule has 2 aliphatic rings. The van der Waals surface area contributed by atoms with Crippen molar-refractivity contribution in [3.05, 3.63) is 0 Å². The molecule has 0 bridgehead atoms. The molecule has 2 heterocycles. The van der Waals surface area contributed by atoms with E-state index in [1.54, 1.807) is 0 Å². The van der Waals surface area contributed by atoms with Gasteiger partial charge in [0.15, 0.2) is 0 Å². The van der Waals surface area contributed by atoms with Gasteiger partial charge in [-0.15, -0.1) is 5.06 Å². The number of piperazine rings is 1. The Balaban J connectivity index is 1.83. The molecule has 2 saturated heterocycles. The number of carbonyl (C=O) groups is 5. The Morgan fingerprint density at radius 1 is 1.06 bits per heavy atom. The summed E-state index contributed by atoms with van der Waals surface area (Å²) >= 11 is 0. The maximum Gasteiger partial charge on any atom is 0.334 e. The maximum absolute atomic E-state index is 13.0. The minimum Gasteiger partial charge on any atom is -0.355 e. The standard InChI is InChI=1S/C20H33N5O6/c1-20(2,14-13-23(3)11-12-24(14)4)19(30)22-9-7-15(26)21-10-8-18(29)31-25-16(27)5-6-17(25)28/h14H,5-13H2,1-4H3,(H,21,26)(H,22,30)/i3+1D3,4D3,18+1. The smallest absolute Gasteiger partial charge is 0.334 e. The summed E-state index contributed by atoms with van der Waals surface area (Å²) in [6.45, 7) is -2.31. The van der Waals surface area contributed by atoms with Crippen molar-refractivity contribution in [2.24, 2.45) is 5.41 Å². The molecule has 0 radical (unpaired) electrons. The molecule has 0 saturated carbocycles. The Bertz CT molecular complexity index is 893. The third-order valence-corrected chi connectivity index (χ3v) is 5.29. The van der Waals surface area contributed by atoms with E-state index in [9.17, 15) is 24.0 Å². The zero-order valence-corrected chi connectivity index (χ0v) is 17.7. The lowest BCUT2D eigenvalue weighted by molar-refractivity contribution is -0.197. The lowest BCUT2D eigenvalue weighted by Gasteiger charge is -2.45. The first-order valence-corrected chi connectivity index (χ1v) is 10.1. The largest absolute Gasteiger partial charge is 0.355 e. The summed E-state index contributed by atoms with van der Waals surface area (Å²) in [5.74, 6) is -3.12. The van der Waals surface area contributed by atoms with Crippen LogP contribution in [0.5, 0.6) is 0 Å². The second-order valence-corrected chi connectivity index (χ2v) is 8.03. The Kier molecular flexibility index (Phi) is 5.88. The first kappa shape index (κ1) is 17.1. The molecule has 174 valence electrons. The van der Waals surface area contributed by atoms with Crippen molar-refractivity contribution in [3.63, 3.8) is 0 Å². The Morgan fingerprint density at radius 3 is 2.39 bits per heavy atom. The molecule has 31 heavy (non-hydrogen) atoms. The molecule has 4 amide bonds. The first-order valence-electron chi connectivity index (χ1n) is 13.1. The van der Waals surface area contributed by atoms with Gasteiger partial charge in [0.2, 0.25) is 11.8 Å². The number of carbonyl (C=O) groups excluding carboxylic acids is 5. The van der Waals surface area contributed by atoms with Gasteiger partial charge in [-0.2, -0.15) is 0 Å². The Hall–Kier alpha value is -2.53. The molecule has 2 N–H and O–H groups in total. The number of likely N-dealkylation sites (N-methyl/N-ethyl adjacent to an activating group) is 2. The average Bonchev–Trinajstić information content (AvgIpc) is 3.09. The summed E-state index contributed by atoms with van der Waals surface area (Å²) in [5, 5.41) is 5.46. The van der Waals surface area contributed by atoms with E-state index in [2.05, 4.69) is 10.6 Å². The number of rotatable bonds is 9. The van der Waals surface area contributed by atoms with E-state index in [0.717, 1.165) is 4.90 Å². The molecule has 11 nitrogen and oxygen atoms in total. The van der Waals surface area contributed by atoms with Crippen LogP contribution in [0.2, 0.25) is 0 Å². The Morgan fingerprint density at radius 2 is 1.74 bits per heavy atom. The number of amides is 4. The van der Waals surface area contributed by atoms with Crippen molar-refractivity contribution in [2.45, 2.75) is 45.6 Å². The van der Waals surface area contributed by atoms with Gasteiger partial charge in [-0.05, 0) is 27.8 Å². The van der Waals surface area contributed by atoms with Crippen molar-refractivity contribution < 1.29 is 37.0 Å². The van der Waals surface area contributed by atoms with Crippen LogP contribution in [-0.2, 0) is 28.8 Å². The van der Waals surface area contributed by atoms with Gasteiger partial charge in [0, 0.05) is 66.3 Å². The highest BCUT2D eigenvalue weighted by Crippen LogP contribution is 2.27. The zero-order valence-electron chi connectivity index (χ0n) is 23.7. The second-order valence-electron chi connectivity index (χ2n) is 8.03. The van der Waals surface area contributed by atoms with Gasteiger partial charge in [0.05, 0.1) is 11.8 Å². The quantitative estimate of drug-likeness (QED) is 0.336. The number of nitrogens with one attached hydrogen (secondary N) is 2. The summed E-state index contributed by atoms with van der Waals surface area (Å²) in [6, 6.07) is -0.927. The molecule has 1 atom stereocenters. The van der Waals surface area contributed by atoms with Crippen LogP contribution in [0.15, 0.2) is 0 Å². The van der Waals surface area contributed by atoms with Gasteiger partial charge in [-0.3, -0.25) is 24.1 Å². The van der Waals surface area contributed by atoms with Crippen molar-refractivity contribution >= 4 is 29.6 Å². The van der Waals surface area contributed by atoms with Crippen molar-refractivity contribution in [1.29, 1.82) is 0 Å². The normalized spacial score (nSPS) is 24.3. The second kappa shape index (κ2) is 10.7. The molecule has 0 aromatic carbocycles. The monoisotopic (exact) mass is 447 g/mol. The van der Waals surface area contributed by atoms with Crippen LogP contribution in [-0.4, -0.2) is 97.2 Å². The van der Waals surface area contributed by atoms with Crippen molar-refractivity contribution in [1.82, 2.24) is 25.5 Å². The van der Waals surface area contributed by atoms with Crippen LogP contribution in [0.3, 0.4) is 0 Å². The summed E-state index contributed by atoms with van der Waals surface area (Å²) < 4.78 is 46.4. The summed E-state index contributed by atoms with van der Waals surface area (Å²) in [5.41, 5.74) is -1.30. The van der Waals surface area contributed by atoms with E-state index >= 15 is 0 Å². The number of nitrogens with zero attached hydrogens (tertiary/aromatic N) is 3. The zero-order chi connectivity index (χ0) is 28.2. The lowest BCUT2D eigenvalue weighted by Crippen LogP contribution is -2.60. The molecule has 2 aliphatic heterocycles. The highest BCUT2D eigenvalue weighted by atomic mass is 16.8. The fraction of sp³-hybridized carbons (Fsp3) is 0.750. The van der Waals surface area contributed by atoms with E-state index in [-0.39, 0.29) is 58.4 Å². The van der Waals surface area contributed by atoms with Crippen LogP contribution in [0.1, 0.15) is 47.8 Å². The van der Waals surface area contributed by atoms with Crippen LogP contribution >= 0.6 is 0 Å². The fourth-order valence-electron chi connectivity index (χ4n) is 3.27. The molecule has 1 unspecified atom stereocenters. The molecule has 2 rings (SSSR count). The van der Waals surface area contributed by atoms with Gasteiger partial charge in [0.1, 0.15) is 0 Å². The van der Waals surface area contributed by atoms with E-state index in [4.69, 9.17) is 13.1 Å². The molecule has 0 aromatic rings. The van der Waals surface area contributed by atoms with Crippen LogP contribution in [0.25, 0.3) is 0 Å². The molecule has 11 heteroatoms. The average molecular weight is 448 g/mol. The minimum atomic E-state index is -2.53. The molecular formula is C20H33N5O6. The van der Waals surface area contributed by atoms with E-state index < -0.39 is 55.0 Å². The highest BCUT2D eigenvalue weighted by Gasteiger charge is 2.41. The highest BCUT2D eigenvalue weighted by molar-refractivity contribution is 6.01. The minimum absolute atomic E-state index is 0.0153. The number of hydroxylamine groups is 2. The number of hydrogen-bond donors (Lipinski definition) is 2. The van der Waals surface area contributed by atoms with Crippen LogP contribution in [0, 0.1) is 5.41 Å². The third kappa shape index (κ3) is 6.73. The topological polar surface area (TPSA) is 128 Å². The van der Waals surface area contributed by atoms with Gasteiger partial charge in [-0.25, -0.2) is 4.79 Å². The van der Waals surface area contributed by atoms with Crippen LogP contribution in [0.4, 0.5) is 0 Å². The third-order valence-electron chi connectivity index (χ3n) is 5.29. The molecule has 2 fully saturated rings. The first-order chi connectivity index (χ1) is 16.9. The number of imide groups is 1. The van der Waals surface area contributed by atoms with Gasteiger partial charge >= 0.3 is 5.97 Å². The SMILES string of the molecule is [2H]C([2H])([2H])N1CCN([13C]([2H])([2H])[2H])CC1C(C)(C)C(=O)NCCC(=O)NCC[13C](=O)ON1C(=O)CCC1=O. The summed E-state index contributed by atoms with van der Waals surface area (Å²) in [6.07, 6.45) is -0.486. The van der Waals surface area contributed by atoms with Crippen LogP contribution < -0.4 is 10.6 Å². The summed E-state index contributed by atoms with van der Waals surface area (Å²) in [4.78, 5) is 66.7. The predicted octanol–water partition coefficient (Wildman–Crippen LogP) is -1.12. The van der Waals surface area contributed by atoms with Gasteiger partial charge < -0.3 is 20.4 Å². The van der Waals surface area contributed by atoms with E-state index in [1.807, 2.05) is 0 Å². The molecule has 0 aliphatic carbocycles. The van der Waals surface area contributed by atoms with Crippen molar-refractivity contribution in [3.8, 4) is 0 Å². The molecule has 0 aromatic heterocycles.